The summed E-state index contributed by atoms with van der Waals surface area (Å²) in [5.74, 6) is 0. The number of hydrogen-bond acceptors (Lipinski definition) is 3. The van der Waals surface area contributed by atoms with E-state index >= 15 is 0 Å². The van der Waals surface area contributed by atoms with E-state index in [-0.39, 0.29) is 4.90 Å². The molecule has 0 amide bonds. The first kappa shape index (κ1) is 14.5. The van der Waals surface area contributed by atoms with Crippen LogP contribution in [0.15, 0.2) is 0 Å². The van der Waals surface area contributed by atoms with Gasteiger partial charge in [-0.2, -0.15) is 22.0 Å². The molecule has 0 heterocycles. The summed E-state index contributed by atoms with van der Waals surface area (Å²) in [5.41, 5.74) is 0. The highest BCUT2D eigenvalue weighted by molar-refractivity contribution is 4.73. The Hall–Kier alpha value is -0.470. The maximum atomic E-state index is 12.9. The van der Waals surface area contributed by atoms with Gasteiger partial charge in [0, 0.05) is 13.1 Å². The molecule has 15 heavy (non-hydrogen) atoms. The van der Waals surface area contributed by atoms with Gasteiger partial charge < -0.3 is 10.2 Å². The maximum Gasteiger partial charge on any atom is 0.396 e. The van der Waals surface area contributed by atoms with E-state index in [4.69, 9.17) is 10.2 Å². The molecule has 0 aliphatic rings. The zero-order valence-electron chi connectivity index (χ0n) is 7.77. The van der Waals surface area contributed by atoms with Crippen LogP contribution in [0.4, 0.5) is 22.0 Å². The summed E-state index contributed by atoms with van der Waals surface area (Å²) >= 11 is 0. The monoisotopic (exact) mass is 237 g/mol. The van der Waals surface area contributed by atoms with E-state index in [0.717, 1.165) is 0 Å². The van der Waals surface area contributed by atoms with Gasteiger partial charge >= 0.3 is 12.2 Å². The standard InChI is InChI=1S/C7H12F5NO2/c8-6(9,10)5-7(11,12)13(1-3-14)2-4-15/h14-15H,1-5H2. The summed E-state index contributed by atoms with van der Waals surface area (Å²) in [5, 5.41) is 16.8. The molecule has 0 saturated carbocycles. The van der Waals surface area contributed by atoms with Crippen LogP contribution in [0.1, 0.15) is 6.42 Å². The molecule has 0 spiro atoms. The highest BCUT2D eigenvalue weighted by Gasteiger charge is 2.47. The van der Waals surface area contributed by atoms with Crippen LogP contribution in [0.25, 0.3) is 0 Å². The molecule has 8 heteroatoms. The van der Waals surface area contributed by atoms with E-state index in [1.54, 1.807) is 0 Å². The van der Waals surface area contributed by atoms with Crippen LogP contribution in [0.2, 0.25) is 0 Å². The smallest absolute Gasteiger partial charge is 0.395 e. The maximum absolute atomic E-state index is 12.9. The Bertz CT molecular complexity index is 179. The van der Waals surface area contributed by atoms with Crippen molar-refractivity contribution in [3.63, 3.8) is 0 Å². The molecule has 0 aromatic rings. The van der Waals surface area contributed by atoms with E-state index in [0.29, 0.717) is 0 Å². The zero-order valence-corrected chi connectivity index (χ0v) is 7.77. The molecule has 0 atom stereocenters. The molecule has 0 aliphatic carbocycles. The number of aliphatic hydroxyl groups excluding tert-OH is 2. The molecule has 0 fully saturated rings. The minimum Gasteiger partial charge on any atom is -0.395 e. The van der Waals surface area contributed by atoms with Crippen molar-refractivity contribution in [2.24, 2.45) is 0 Å². The zero-order chi connectivity index (χ0) is 12.1. The van der Waals surface area contributed by atoms with Gasteiger partial charge in [0.2, 0.25) is 0 Å². The predicted molar refractivity (Wildman–Crippen MR) is 41.4 cm³/mol. The van der Waals surface area contributed by atoms with Crippen molar-refractivity contribution in [2.45, 2.75) is 18.6 Å². The minimum atomic E-state index is -4.99. The predicted octanol–water partition coefficient (Wildman–Crippen LogP) is 0.818. The molecule has 0 bridgehead atoms. The highest BCUT2D eigenvalue weighted by atomic mass is 19.4. The molecule has 0 unspecified atom stereocenters. The van der Waals surface area contributed by atoms with Crippen LogP contribution in [0, 0.1) is 0 Å². The Morgan fingerprint density at radius 1 is 0.867 bits per heavy atom. The Balaban J connectivity index is 4.47. The largest absolute Gasteiger partial charge is 0.396 e. The van der Waals surface area contributed by atoms with Crippen molar-refractivity contribution < 1.29 is 32.2 Å². The lowest BCUT2D eigenvalue weighted by molar-refractivity contribution is -0.239. The van der Waals surface area contributed by atoms with Gasteiger partial charge in [0.25, 0.3) is 0 Å². The molecule has 2 N–H and O–H groups in total. The highest BCUT2D eigenvalue weighted by Crippen LogP contribution is 2.33. The molecule has 0 aromatic heterocycles. The summed E-state index contributed by atoms with van der Waals surface area (Å²) < 4.78 is 61.2. The van der Waals surface area contributed by atoms with Gasteiger partial charge in [0.05, 0.1) is 13.2 Å². The van der Waals surface area contributed by atoms with Gasteiger partial charge in [-0.05, 0) is 0 Å². The normalized spacial score (nSPS) is 13.6. The number of rotatable bonds is 6. The van der Waals surface area contributed by atoms with E-state index in [1.165, 1.54) is 0 Å². The number of aliphatic hydroxyl groups is 2. The summed E-state index contributed by atoms with van der Waals surface area (Å²) in [6.45, 7) is -2.64. The van der Waals surface area contributed by atoms with Crippen LogP contribution < -0.4 is 0 Å². The second-order valence-electron chi connectivity index (χ2n) is 2.89. The van der Waals surface area contributed by atoms with Gasteiger partial charge in [0.1, 0.15) is 6.42 Å². The number of nitrogens with zero attached hydrogens (tertiary/aromatic N) is 1. The fraction of sp³-hybridized carbons (Fsp3) is 1.00. The van der Waals surface area contributed by atoms with Crippen LogP contribution in [0.5, 0.6) is 0 Å². The first-order valence-corrected chi connectivity index (χ1v) is 4.14. The third-order valence-electron chi connectivity index (χ3n) is 1.62. The first-order chi connectivity index (χ1) is 6.73. The Morgan fingerprint density at radius 2 is 1.27 bits per heavy atom. The van der Waals surface area contributed by atoms with Crippen LogP contribution in [0.3, 0.4) is 0 Å². The lowest BCUT2D eigenvalue weighted by Gasteiger charge is -2.30. The van der Waals surface area contributed by atoms with Crippen molar-refractivity contribution >= 4 is 0 Å². The lowest BCUT2D eigenvalue weighted by Crippen LogP contribution is -2.47. The summed E-state index contributed by atoms with van der Waals surface area (Å²) in [6, 6.07) is -4.11. The Morgan fingerprint density at radius 3 is 1.53 bits per heavy atom. The van der Waals surface area contributed by atoms with Crippen LogP contribution >= 0.6 is 0 Å². The number of halogens is 5. The fourth-order valence-electron chi connectivity index (χ4n) is 1.03. The van der Waals surface area contributed by atoms with Crippen molar-refractivity contribution in [3.8, 4) is 0 Å². The quantitative estimate of drug-likeness (QED) is 0.531. The molecule has 0 rings (SSSR count). The van der Waals surface area contributed by atoms with E-state index in [9.17, 15) is 22.0 Å². The van der Waals surface area contributed by atoms with Gasteiger partial charge in [-0.15, -0.1) is 0 Å². The molecule has 0 radical (unpaired) electrons. The second kappa shape index (κ2) is 5.57. The van der Waals surface area contributed by atoms with Crippen molar-refractivity contribution in [2.75, 3.05) is 26.3 Å². The number of hydrogen-bond donors (Lipinski definition) is 2. The topological polar surface area (TPSA) is 43.7 Å². The van der Waals surface area contributed by atoms with Gasteiger partial charge in [-0.1, -0.05) is 0 Å². The lowest BCUT2D eigenvalue weighted by atomic mass is 10.3. The Labute approximate surface area is 83.1 Å². The minimum absolute atomic E-state index is 0.0977. The molecule has 3 nitrogen and oxygen atoms in total. The molecule has 92 valence electrons. The summed E-state index contributed by atoms with van der Waals surface area (Å²) in [4.78, 5) is 0.0977. The SMILES string of the molecule is OCCN(CCO)C(F)(F)CC(F)(F)F. The fourth-order valence-corrected chi connectivity index (χ4v) is 1.03. The van der Waals surface area contributed by atoms with Crippen molar-refractivity contribution in [3.05, 3.63) is 0 Å². The van der Waals surface area contributed by atoms with Gasteiger partial charge in [0.15, 0.2) is 0 Å². The first-order valence-electron chi connectivity index (χ1n) is 4.14. The molecule has 0 aromatic carbocycles. The van der Waals surface area contributed by atoms with Crippen molar-refractivity contribution in [1.29, 1.82) is 0 Å². The van der Waals surface area contributed by atoms with Gasteiger partial charge in [-0.25, -0.2) is 4.90 Å². The molecular weight excluding hydrogens is 225 g/mol. The third kappa shape index (κ3) is 5.85. The van der Waals surface area contributed by atoms with Crippen LogP contribution in [-0.2, 0) is 0 Å². The summed E-state index contributed by atoms with van der Waals surface area (Å²) in [7, 11) is 0. The van der Waals surface area contributed by atoms with E-state index < -0.39 is 44.9 Å². The molecular formula is C7H12F5NO2. The summed E-state index contributed by atoms with van der Waals surface area (Å²) in [6.07, 6.45) is -7.29. The Kier molecular flexibility index (Phi) is 5.39. The third-order valence-corrected chi connectivity index (χ3v) is 1.62. The van der Waals surface area contributed by atoms with Crippen LogP contribution in [-0.4, -0.2) is 53.6 Å². The van der Waals surface area contributed by atoms with Gasteiger partial charge in [-0.3, -0.25) is 0 Å². The van der Waals surface area contributed by atoms with E-state index in [2.05, 4.69) is 0 Å². The van der Waals surface area contributed by atoms with E-state index in [1.807, 2.05) is 0 Å². The second-order valence-corrected chi connectivity index (χ2v) is 2.89. The average Bonchev–Trinajstić information content (AvgIpc) is 1.99. The molecule has 0 aliphatic heterocycles. The molecule has 0 saturated heterocycles. The van der Waals surface area contributed by atoms with Crippen molar-refractivity contribution in [1.82, 2.24) is 4.90 Å². The number of alkyl halides is 5. The average molecular weight is 237 g/mol.